The van der Waals surface area contributed by atoms with Crippen LogP contribution in [0.5, 0.6) is 0 Å². The number of thiophene rings is 1. The SMILES string of the molecule is CCCNC(c1cccs1)c1nccc2ccccc12. The van der Waals surface area contributed by atoms with E-state index in [1.165, 1.54) is 15.6 Å². The monoisotopic (exact) mass is 282 g/mol. The Labute approximate surface area is 123 Å². The van der Waals surface area contributed by atoms with E-state index in [1.54, 1.807) is 11.3 Å². The van der Waals surface area contributed by atoms with Crippen LogP contribution in [0.3, 0.4) is 0 Å². The first-order valence-electron chi connectivity index (χ1n) is 7.00. The zero-order chi connectivity index (χ0) is 13.8. The van der Waals surface area contributed by atoms with Gasteiger partial charge in [0.15, 0.2) is 0 Å². The second-order valence-electron chi connectivity index (χ2n) is 4.82. The molecule has 0 saturated heterocycles. The van der Waals surface area contributed by atoms with E-state index in [0.29, 0.717) is 0 Å². The fourth-order valence-corrected chi connectivity index (χ4v) is 3.25. The standard InChI is InChI=1S/C17H18N2S/c1-2-10-18-17(15-8-5-12-20-15)16-14-7-4-3-6-13(14)9-11-19-16/h3-9,11-12,17-18H,2,10H2,1H3. The summed E-state index contributed by atoms with van der Waals surface area (Å²) in [6.07, 6.45) is 3.03. The molecule has 0 radical (unpaired) electrons. The zero-order valence-electron chi connectivity index (χ0n) is 11.5. The quantitative estimate of drug-likeness (QED) is 0.751. The van der Waals surface area contributed by atoms with E-state index < -0.39 is 0 Å². The highest BCUT2D eigenvalue weighted by molar-refractivity contribution is 7.10. The van der Waals surface area contributed by atoms with Gasteiger partial charge in [-0.2, -0.15) is 0 Å². The minimum atomic E-state index is 0.182. The molecule has 3 rings (SSSR count). The fourth-order valence-electron chi connectivity index (χ4n) is 2.45. The molecule has 1 unspecified atom stereocenters. The van der Waals surface area contributed by atoms with E-state index in [9.17, 15) is 0 Å². The lowest BCUT2D eigenvalue weighted by molar-refractivity contribution is 0.597. The maximum absolute atomic E-state index is 4.66. The van der Waals surface area contributed by atoms with Crippen molar-refractivity contribution < 1.29 is 0 Å². The molecule has 0 fully saturated rings. The molecule has 0 aliphatic carbocycles. The van der Waals surface area contributed by atoms with E-state index in [0.717, 1.165) is 18.7 Å². The van der Waals surface area contributed by atoms with Crippen molar-refractivity contribution in [2.24, 2.45) is 0 Å². The van der Waals surface area contributed by atoms with Gasteiger partial charge in [0, 0.05) is 16.5 Å². The van der Waals surface area contributed by atoms with Gasteiger partial charge in [0.05, 0.1) is 11.7 Å². The summed E-state index contributed by atoms with van der Waals surface area (Å²) in [7, 11) is 0. The lowest BCUT2D eigenvalue weighted by Gasteiger charge is -2.18. The van der Waals surface area contributed by atoms with Crippen LogP contribution >= 0.6 is 11.3 Å². The van der Waals surface area contributed by atoms with Crippen molar-refractivity contribution in [1.29, 1.82) is 0 Å². The molecule has 0 aliphatic heterocycles. The molecule has 3 aromatic rings. The summed E-state index contributed by atoms with van der Waals surface area (Å²) in [5, 5.41) is 8.24. The Kier molecular flexibility index (Phi) is 4.09. The van der Waals surface area contributed by atoms with Crippen molar-refractivity contribution in [3.8, 4) is 0 Å². The molecule has 0 aliphatic rings. The van der Waals surface area contributed by atoms with Gasteiger partial charge >= 0.3 is 0 Å². The maximum Gasteiger partial charge on any atom is 0.0851 e. The predicted molar refractivity (Wildman–Crippen MR) is 86.2 cm³/mol. The molecular formula is C17H18N2S. The number of nitrogens with zero attached hydrogens (tertiary/aromatic N) is 1. The lowest BCUT2D eigenvalue weighted by Crippen LogP contribution is -2.23. The van der Waals surface area contributed by atoms with Crippen LogP contribution in [0.4, 0.5) is 0 Å². The van der Waals surface area contributed by atoms with Crippen LogP contribution in [0.1, 0.15) is 30.0 Å². The molecule has 2 aromatic heterocycles. The topological polar surface area (TPSA) is 24.9 Å². The summed E-state index contributed by atoms with van der Waals surface area (Å²) in [6.45, 7) is 3.18. The van der Waals surface area contributed by atoms with Gasteiger partial charge in [0.2, 0.25) is 0 Å². The number of rotatable bonds is 5. The Morgan fingerprint density at radius 2 is 2.05 bits per heavy atom. The third-order valence-corrected chi connectivity index (χ3v) is 4.34. The predicted octanol–water partition coefficient (Wildman–Crippen LogP) is 4.39. The molecule has 0 bridgehead atoms. The van der Waals surface area contributed by atoms with Crippen molar-refractivity contribution in [3.63, 3.8) is 0 Å². The summed E-state index contributed by atoms with van der Waals surface area (Å²) in [6, 6.07) is 15.0. The van der Waals surface area contributed by atoms with Crippen molar-refractivity contribution in [2.45, 2.75) is 19.4 Å². The lowest BCUT2D eigenvalue weighted by atomic mass is 10.0. The average molecular weight is 282 g/mol. The van der Waals surface area contributed by atoms with E-state index >= 15 is 0 Å². The molecular weight excluding hydrogens is 264 g/mol. The number of nitrogens with one attached hydrogen (secondary N) is 1. The van der Waals surface area contributed by atoms with Gasteiger partial charge in [-0.15, -0.1) is 11.3 Å². The Balaban J connectivity index is 2.09. The van der Waals surface area contributed by atoms with Gasteiger partial charge in [-0.25, -0.2) is 0 Å². The second-order valence-corrected chi connectivity index (χ2v) is 5.80. The molecule has 0 amide bonds. The van der Waals surface area contributed by atoms with Crippen LogP contribution in [-0.4, -0.2) is 11.5 Å². The van der Waals surface area contributed by atoms with Crippen molar-refractivity contribution >= 4 is 22.1 Å². The number of fused-ring (bicyclic) bond motifs is 1. The van der Waals surface area contributed by atoms with Crippen molar-refractivity contribution in [3.05, 3.63) is 64.6 Å². The van der Waals surface area contributed by atoms with E-state index in [-0.39, 0.29) is 6.04 Å². The van der Waals surface area contributed by atoms with Crippen LogP contribution in [-0.2, 0) is 0 Å². The molecule has 2 nitrogen and oxygen atoms in total. The highest BCUT2D eigenvalue weighted by Crippen LogP contribution is 2.29. The third kappa shape index (κ3) is 2.60. The molecule has 0 spiro atoms. The molecule has 1 atom stereocenters. The van der Waals surface area contributed by atoms with Crippen LogP contribution in [0.15, 0.2) is 54.0 Å². The number of benzene rings is 1. The summed E-state index contributed by atoms with van der Waals surface area (Å²) >= 11 is 1.78. The molecule has 1 N–H and O–H groups in total. The van der Waals surface area contributed by atoms with Gasteiger partial charge in [-0.1, -0.05) is 37.3 Å². The first-order valence-corrected chi connectivity index (χ1v) is 7.88. The van der Waals surface area contributed by atoms with Gasteiger partial charge < -0.3 is 5.32 Å². The minimum absolute atomic E-state index is 0.182. The maximum atomic E-state index is 4.66. The van der Waals surface area contributed by atoms with E-state index in [1.807, 2.05) is 6.20 Å². The Morgan fingerprint density at radius 3 is 2.85 bits per heavy atom. The van der Waals surface area contributed by atoms with E-state index in [2.05, 4.69) is 65.1 Å². The Morgan fingerprint density at radius 1 is 1.15 bits per heavy atom. The van der Waals surface area contributed by atoms with Crippen LogP contribution in [0.2, 0.25) is 0 Å². The normalized spacial score (nSPS) is 12.7. The number of pyridine rings is 1. The summed E-state index contributed by atoms with van der Waals surface area (Å²) in [5.74, 6) is 0. The molecule has 102 valence electrons. The molecule has 1 aromatic carbocycles. The van der Waals surface area contributed by atoms with Crippen LogP contribution in [0, 0.1) is 0 Å². The summed E-state index contributed by atoms with van der Waals surface area (Å²) in [5.41, 5.74) is 1.12. The average Bonchev–Trinajstić information content (AvgIpc) is 3.02. The molecule has 2 heterocycles. The Bertz CT molecular complexity index is 671. The minimum Gasteiger partial charge on any atom is -0.304 e. The molecule has 20 heavy (non-hydrogen) atoms. The third-order valence-electron chi connectivity index (χ3n) is 3.40. The van der Waals surface area contributed by atoms with Gasteiger partial charge in [-0.05, 0) is 35.9 Å². The first-order chi connectivity index (χ1) is 9.90. The number of aromatic nitrogens is 1. The van der Waals surface area contributed by atoms with Crippen molar-refractivity contribution in [2.75, 3.05) is 6.54 Å². The zero-order valence-corrected chi connectivity index (χ0v) is 12.4. The van der Waals surface area contributed by atoms with E-state index in [4.69, 9.17) is 0 Å². The number of hydrogen-bond acceptors (Lipinski definition) is 3. The van der Waals surface area contributed by atoms with Crippen LogP contribution in [0.25, 0.3) is 10.8 Å². The Hall–Kier alpha value is -1.71. The molecule has 3 heteroatoms. The summed E-state index contributed by atoms with van der Waals surface area (Å²) in [4.78, 5) is 5.98. The molecule has 0 saturated carbocycles. The van der Waals surface area contributed by atoms with Gasteiger partial charge in [0.1, 0.15) is 0 Å². The van der Waals surface area contributed by atoms with Crippen LogP contribution < -0.4 is 5.32 Å². The highest BCUT2D eigenvalue weighted by Gasteiger charge is 2.18. The first kappa shape index (κ1) is 13.3. The van der Waals surface area contributed by atoms with Gasteiger partial charge in [0.25, 0.3) is 0 Å². The highest BCUT2D eigenvalue weighted by atomic mass is 32.1. The summed E-state index contributed by atoms with van der Waals surface area (Å²) < 4.78 is 0. The van der Waals surface area contributed by atoms with Crippen molar-refractivity contribution in [1.82, 2.24) is 10.3 Å². The van der Waals surface area contributed by atoms with Gasteiger partial charge in [-0.3, -0.25) is 4.98 Å². The second kappa shape index (κ2) is 6.16. The largest absolute Gasteiger partial charge is 0.304 e. The fraction of sp³-hybridized carbons (Fsp3) is 0.235. The smallest absolute Gasteiger partial charge is 0.0851 e. The number of hydrogen-bond donors (Lipinski definition) is 1.